The van der Waals surface area contributed by atoms with E-state index in [0.717, 1.165) is 25.7 Å². The predicted octanol–water partition coefficient (Wildman–Crippen LogP) is 4.68. The number of carbonyl (C=O) groups excluding carboxylic acids is 2. The quantitative estimate of drug-likeness (QED) is 0.570. The lowest BCUT2D eigenvalue weighted by molar-refractivity contribution is -0.298. The van der Waals surface area contributed by atoms with Crippen molar-refractivity contribution in [2.75, 3.05) is 0 Å². The maximum atomic E-state index is 13.9. The molecule has 2 heterocycles. The zero-order valence-corrected chi connectivity index (χ0v) is 21.3. The van der Waals surface area contributed by atoms with Crippen molar-refractivity contribution in [3.8, 4) is 0 Å². The Morgan fingerprint density at radius 2 is 1.76 bits per heavy atom. The van der Waals surface area contributed by atoms with Crippen molar-refractivity contribution < 1.29 is 24.2 Å². The van der Waals surface area contributed by atoms with E-state index >= 15 is 0 Å². The van der Waals surface area contributed by atoms with E-state index in [0.29, 0.717) is 55.0 Å². The molecule has 0 bridgehead atoms. The number of Topliss-reactive ketones (excluding diaryl/α,β-unsaturated/α-hetero) is 2. The summed E-state index contributed by atoms with van der Waals surface area (Å²) >= 11 is 0. The second-order valence-corrected chi connectivity index (χ2v) is 14.0. The molecule has 5 nitrogen and oxygen atoms in total. The van der Waals surface area contributed by atoms with Crippen LogP contribution in [0.5, 0.6) is 0 Å². The first-order valence-corrected chi connectivity index (χ1v) is 13.4. The highest BCUT2D eigenvalue weighted by atomic mass is 16.7. The molecule has 33 heavy (non-hydrogen) atoms. The monoisotopic (exact) mass is 458 g/mol. The number of carbonyl (C=O) groups is 2. The van der Waals surface area contributed by atoms with Crippen LogP contribution in [0.15, 0.2) is 0 Å². The third kappa shape index (κ3) is 2.65. The number of aliphatic hydroxyl groups is 1. The summed E-state index contributed by atoms with van der Waals surface area (Å²) in [6.07, 6.45) is 6.27. The number of fused-ring (bicyclic) bond motifs is 7. The van der Waals surface area contributed by atoms with Gasteiger partial charge in [-0.2, -0.15) is 0 Å². The van der Waals surface area contributed by atoms with Gasteiger partial charge in [-0.25, -0.2) is 0 Å². The van der Waals surface area contributed by atoms with Gasteiger partial charge in [-0.3, -0.25) is 9.59 Å². The summed E-state index contributed by atoms with van der Waals surface area (Å²) in [6.45, 7) is 12.8. The number of rotatable bonds is 0. The molecule has 5 heteroatoms. The first-order valence-electron chi connectivity index (χ1n) is 13.4. The molecule has 2 aliphatic heterocycles. The molecule has 0 radical (unpaired) electrons. The number of hydrogen-bond donors (Lipinski definition) is 1. The van der Waals surface area contributed by atoms with Crippen molar-refractivity contribution in [1.29, 1.82) is 0 Å². The van der Waals surface area contributed by atoms with Crippen molar-refractivity contribution in [2.24, 2.45) is 46.3 Å². The average molecular weight is 459 g/mol. The Morgan fingerprint density at radius 1 is 1.03 bits per heavy atom. The minimum atomic E-state index is -1.13. The van der Waals surface area contributed by atoms with Gasteiger partial charge >= 0.3 is 0 Å². The summed E-state index contributed by atoms with van der Waals surface area (Å²) < 4.78 is 13.3. The smallest absolute Gasteiger partial charge is 0.198 e. The van der Waals surface area contributed by atoms with Crippen molar-refractivity contribution in [3.05, 3.63) is 0 Å². The van der Waals surface area contributed by atoms with Crippen LogP contribution in [0, 0.1) is 46.3 Å². The Balaban J connectivity index is 1.35. The van der Waals surface area contributed by atoms with Crippen LogP contribution in [0.3, 0.4) is 0 Å². The van der Waals surface area contributed by atoms with Crippen LogP contribution >= 0.6 is 0 Å². The molecule has 0 amide bonds. The van der Waals surface area contributed by atoms with E-state index < -0.39 is 11.4 Å². The van der Waals surface area contributed by atoms with E-state index in [1.165, 1.54) is 0 Å². The third-order valence-corrected chi connectivity index (χ3v) is 12.1. The van der Waals surface area contributed by atoms with E-state index in [1.807, 2.05) is 6.92 Å². The Morgan fingerprint density at radius 3 is 2.42 bits per heavy atom. The molecule has 1 spiro atoms. The summed E-state index contributed by atoms with van der Waals surface area (Å²) in [5, 5.41) is 12.1. The van der Waals surface area contributed by atoms with Gasteiger partial charge in [0.2, 0.25) is 0 Å². The van der Waals surface area contributed by atoms with E-state index in [4.69, 9.17) is 9.47 Å². The minimum absolute atomic E-state index is 0.0500. The largest absolute Gasteiger partial charge is 0.384 e. The van der Waals surface area contributed by atoms with Crippen LogP contribution in [0.25, 0.3) is 0 Å². The molecule has 6 rings (SSSR count). The second-order valence-electron chi connectivity index (χ2n) is 14.0. The topological polar surface area (TPSA) is 72.8 Å². The molecule has 1 N–H and O–H groups in total. The van der Waals surface area contributed by atoms with Crippen LogP contribution in [-0.4, -0.2) is 39.8 Å². The fourth-order valence-corrected chi connectivity index (χ4v) is 10.2. The Labute approximate surface area is 198 Å². The van der Waals surface area contributed by atoms with Gasteiger partial charge in [-0.05, 0) is 81.0 Å². The molecule has 4 aliphatic carbocycles. The summed E-state index contributed by atoms with van der Waals surface area (Å²) in [7, 11) is 0. The average Bonchev–Trinajstić information content (AvgIpc) is 3.20. The third-order valence-electron chi connectivity index (χ3n) is 12.1. The van der Waals surface area contributed by atoms with E-state index in [9.17, 15) is 14.7 Å². The van der Waals surface area contributed by atoms with E-state index in [-0.39, 0.29) is 40.3 Å². The number of ether oxygens (including phenoxy) is 2. The standard InChI is InChI=1S/C28H42O5/c1-15-13-28(33-24(15,2)3)27(6,31)23-21(32-28)12-19-18-8-7-16-11-17(29)9-10-25(16,4)22(18)20(30)14-26(19,23)5/h15-16,18-19,21-23,31H,7-14H2,1-6H3/t15-,16?,18?,19?,21-,22?,23?,25-,26-,27?,28?/m0/s1. The summed E-state index contributed by atoms with van der Waals surface area (Å²) in [6, 6.07) is 0. The molecule has 6 aliphatic rings. The van der Waals surface area contributed by atoms with Crippen molar-refractivity contribution in [2.45, 2.75) is 116 Å². The van der Waals surface area contributed by atoms with Crippen LogP contribution in [0.4, 0.5) is 0 Å². The number of ketones is 2. The highest BCUT2D eigenvalue weighted by Crippen LogP contribution is 2.72. The normalized spacial score (nSPS) is 59.3. The molecule has 184 valence electrons. The molecule has 2 saturated heterocycles. The Kier molecular flexibility index (Phi) is 4.47. The molecule has 0 aromatic heterocycles. The lowest BCUT2D eigenvalue weighted by atomic mass is 9.44. The van der Waals surface area contributed by atoms with Gasteiger partial charge in [0, 0.05) is 37.5 Å². The summed E-state index contributed by atoms with van der Waals surface area (Å²) in [5.41, 5.74) is -1.80. The zero-order chi connectivity index (χ0) is 23.8. The van der Waals surface area contributed by atoms with Crippen LogP contribution in [-0.2, 0) is 19.1 Å². The van der Waals surface area contributed by atoms with Gasteiger partial charge in [-0.1, -0.05) is 20.8 Å². The summed E-state index contributed by atoms with van der Waals surface area (Å²) in [4.78, 5) is 26.1. The molecular formula is C28H42O5. The van der Waals surface area contributed by atoms with Gasteiger partial charge in [0.25, 0.3) is 0 Å². The van der Waals surface area contributed by atoms with Crippen LogP contribution < -0.4 is 0 Å². The molecular weight excluding hydrogens is 416 g/mol. The molecule has 11 atom stereocenters. The molecule has 4 saturated carbocycles. The van der Waals surface area contributed by atoms with Crippen LogP contribution in [0.2, 0.25) is 0 Å². The van der Waals surface area contributed by atoms with Crippen LogP contribution in [0.1, 0.15) is 92.9 Å². The van der Waals surface area contributed by atoms with E-state index in [2.05, 4.69) is 34.6 Å². The second kappa shape index (κ2) is 6.50. The molecule has 6 fully saturated rings. The maximum Gasteiger partial charge on any atom is 0.198 e. The highest BCUT2D eigenvalue weighted by Gasteiger charge is 2.77. The number of hydrogen-bond acceptors (Lipinski definition) is 5. The fraction of sp³-hybridized carbons (Fsp3) is 0.929. The fourth-order valence-electron chi connectivity index (χ4n) is 10.2. The molecule has 0 aromatic carbocycles. The Bertz CT molecular complexity index is 908. The lowest BCUT2D eigenvalue weighted by Gasteiger charge is -2.59. The Hall–Kier alpha value is -0.780. The summed E-state index contributed by atoms with van der Waals surface area (Å²) in [5.74, 6) is 1.09. The first kappa shape index (κ1) is 22.7. The van der Waals surface area contributed by atoms with Crippen molar-refractivity contribution in [3.63, 3.8) is 0 Å². The SMILES string of the molecule is C[C@H]1CC2(O[C@H]3CC4C5CCC6CC(=O)CC[C@]6(C)C5C(=O)C[C@]4(C)C3C2(C)O)OC1(C)C. The van der Waals surface area contributed by atoms with Gasteiger partial charge in [0.1, 0.15) is 17.2 Å². The van der Waals surface area contributed by atoms with Crippen molar-refractivity contribution >= 4 is 11.6 Å². The van der Waals surface area contributed by atoms with E-state index in [1.54, 1.807) is 0 Å². The van der Waals surface area contributed by atoms with Gasteiger partial charge in [0.15, 0.2) is 5.79 Å². The van der Waals surface area contributed by atoms with Gasteiger partial charge < -0.3 is 14.6 Å². The highest BCUT2D eigenvalue weighted by molar-refractivity contribution is 5.86. The zero-order valence-electron chi connectivity index (χ0n) is 21.3. The predicted molar refractivity (Wildman–Crippen MR) is 123 cm³/mol. The first-order chi connectivity index (χ1) is 15.3. The minimum Gasteiger partial charge on any atom is -0.384 e. The lowest BCUT2D eigenvalue weighted by Crippen LogP contribution is -2.61. The molecule has 7 unspecified atom stereocenters. The van der Waals surface area contributed by atoms with Gasteiger partial charge in [0.05, 0.1) is 11.7 Å². The maximum absolute atomic E-state index is 13.9. The molecule has 0 aromatic rings. The van der Waals surface area contributed by atoms with Crippen molar-refractivity contribution in [1.82, 2.24) is 0 Å². The van der Waals surface area contributed by atoms with Gasteiger partial charge in [-0.15, -0.1) is 0 Å².